The van der Waals surface area contributed by atoms with Crippen LogP contribution in [0, 0.1) is 0 Å². The normalized spacial score (nSPS) is 12.4. The number of anilines is 1. The van der Waals surface area contributed by atoms with Gasteiger partial charge in [-0.1, -0.05) is 0 Å². The zero-order valence-corrected chi connectivity index (χ0v) is 13.3. The molecular formula is C14H22FN3O2S. The van der Waals surface area contributed by atoms with Gasteiger partial charge in [-0.2, -0.15) is 4.47 Å². The van der Waals surface area contributed by atoms with Crippen molar-refractivity contribution in [2.24, 2.45) is 5.73 Å². The molecule has 5 nitrogen and oxygen atoms in total. The summed E-state index contributed by atoms with van der Waals surface area (Å²) < 4.78 is 21.8. The standard InChI is InChI=1S/C14H22FN3O2S/c1-14(2,3)17-21-18(19)12-4-6-13(7-5-12)20-10-11(8-15)9-16/h4-8,17,19H,9-10,16H2,1-3H3/b11-8-. The number of ether oxygens (including phenoxy) is 1. The highest BCUT2D eigenvalue weighted by Crippen LogP contribution is 2.23. The molecule has 0 fully saturated rings. The van der Waals surface area contributed by atoms with E-state index in [0.29, 0.717) is 23.3 Å². The summed E-state index contributed by atoms with van der Waals surface area (Å²) in [6.45, 7) is 6.22. The Labute approximate surface area is 129 Å². The Morgan fingerprint density at radius 1 is 1.43 bits per heavy atom. The minimum Gasteiger partial charge on any atom is -0.489 e. The smallest absolute Gasteiger partial charge is 0.119 e. The van der Waals surface area contributed by atoms with Crippen LogP contribution in [0.25, 0.3) is 0 Å². The third kappa shape index (κ3) is 6.81. The van der Waals surface area contributed by atoms with Crippen LogP contribution in [0.15, 0.2) is 36.2 Å². The Hall–Kier alpha value is -1.28. The van der Waals surface area contributed by atoms with Gasteiger partial charge in [0.15, 0.2) is 0 Å². The molecule has 0 aliphatic heterocycles. The number of nitrogens with two attached hydrogens (primary N) is 1. The lowest BCUT2D eigenvalue weighted by molar-refractivity contribution is 0.328. The van der Waals surface area contributed by atoms with Crippen LogP contribution in [-0.2, 0) is 0 Å². The Kier molecular flexibility index (Phi) is 6.97. The van der Waals surface area contributed by atoms with Gasteiger partial charge in [-0.3, -0.25) is 5.21 Å². The van der Waals surface area contributed by atoms with Crippen LogP contribution in [0.1, 0.15) is 20.8 Å². The molecule has 0 saturated heterocycles. The summed E-state index contributed by atoms with van der Waals surface area (Å²) >= 11 is 1.09. The van der Waals surface area contributed by atoms with E-state index in [1.807, 2.05) is 20.8 Å². The summed E-state index contributed by atoms with van der Waals surface area (Å²) in [4.78, 5) is 0. The maximum atomic E-state index is 12.3. The monoisotopic (exact) mass is 315 g/mol. The van der Waals surface area contributed by atoms with Gasteiger partial charge >= 0.3 is 0 Å². The molecule has 0 heterocycles. The summed E-state index contributed by atoms with van der Waals surface area (Å²) in [6, 6.07) is 6.80. The van der Waals surface area contributed by atoms with Crippen molar-refractivity contribution < 1.29 is 14.3 Å². The number of halogens is 1. The molecular weight excluding hydrogens is 293 g/mol. The highest BCUT2D eigenvalue weighted by atomic mass is 32.2. The molecule has 1 rings (SSSR count). The van der Waals surface area contributed by atoms with E-state index in [-0.39, 0.29) is 18.7 Å². The van der Waals surface area contributed by atoms with Crippen molar-refractivity contribution in [2.75, 3.05) is 17.6 Å². The fraction of sp³-hybridized carbons (Fsp3) is 0.429. The van der Waals surface area contributed by atoms with E-state index < -0.39 is 0 Å². The van der Waals surface area contributed by atoms with Gasteiger partial charge < -0.3 is 10.5 Å². The first-order valence-corrected chi connectivity index (χ1v) is 7.27. The SMILES string of the molecule is CC(C)(C)NSN(O)c1ccc(OC/C(=C\F)CN)cc1. The molecule has 0 bridgehead atoms. The zero-order chi connectivity index (χ0) is 15.9. The molecule has 0 aromatic heterocycles. The van der Waals surface area contributed by atoms with E-state index in [9.17, 15) is 9.60 Å². The molecule has 0 saturated carbocycles. The van der Waals surface area contributed by atoms with Gasteiger partial charge in [-0.25, -0.2) is 9.11 Å². The van der Waals surface area contributed by atoms with Crippen molar-refractivity contribution in [3.05, 3.63) is 36.2 Å². The van der Waals surface area contributed by atoms with E-state index >= 15 is 0 Å². The highest BCUT2D eigenvalue weighted by molar-refractivity contribution is 7.98. The van der Waals surface area contributed by atoms with E-state index in [4.69, 9.17) is 10.5 Å². The zero-order valence-electron chi connectivity index (χ0n) is 12.5. The number of benzene rings is 1. The van der Waals surface area contributed by atoms with Crippen LogP contribution in [0.2, 0.25) is 0 Å². The molecule has 7 heteroatoms. The lowest BCUT2D eigenvalue weighted by atomic mass is 10.1. The lowest BCUT2D eigenvalue weighted by Gasteiger charge is -2.23. The van der Waals surface area contributed by atoms with Crippen molar-refractivity contribution in [3.63, 3.8) is 0 Å². The maximum Gasteiger partial charge on any atom is 0.119 e. The molecule has 0 unspecified atom stereocenters. The third-order valence-corrected chi connectivity index (χ3v) is 3.42. The van der Waals surface area contributed by atoms with E-state index in [0.717, 1.165) is 16.6 Å². The van der Waals surface area contributed by atoms with Gasteiger partial charge in [0.05, 0.1) is 24.2 Å². The van der Waals surface area contributed by atoms with Gasteiger partial charge in [-0.15, -0.1) is 0 Å². The van der Waals surface area contributed by atoms with Crippen molar-refractivity contribution >= 4 is 17.8 Å². The summed E-state index contributed by atoms with van der Waals surface area (Å²) in [7, 11) is 0. The number of hydrogen-bond donors (Lipinski definition) is 3. The average molecular weight is 315 g/mol. The molecule has 1 aromatic carbocycles. The van der Waals surface area contributed by atoms with Gasteiger partial charge in [0.2, 0.25) is 0 Å². The molecule has 118 valence electrons. The Bertz CT molecular complexity index is 460. The van der Waals surface area contributed by atoms with Crippen molar-refractivity contribution in [2.45, 2.75) is 26.3 Å². The molecule has 0 aliphatic rings. The van der Waals surface area contributed by atoms with Crippen LogP contribution >= 0.6 is 12.1 Å². The first-order chi connectivity index (χ1) is 9.85. The largest absolute Gasteiger partial charge is 0.489 e. The van der Waals surface area contributed by atoms with E-state index in [2.05, 4.69) is 4.72 Å². The first-order valence-electron chi connectivity index (χ1n) is 6.50. The topological polar surface area (TPSA) is 70.8 Å². The number of nitrogens with one attached hydrogen (secondary N) is 1. The lowest BCUT2D eigenvalue weighted by Crippen LogP contribution is -2.33. The molecule has 21 heavy (non-hydrogen) atoms. The predicted octanol–water partition coefficient (Wildman–Crippen LogP) is 3.02. The summed E-state index contributed by atoms with van der Waals surface area (Å²) in [5.74, 6) is 0.578. The highest BCUT2D eigenvalue weighted by Gasteiger charge is 2.12. The third-order valence-electron chi connectivity index (χ3n) is 2.34. The molecule has 0 aliphatic carbocycles. The van der Waals surface area contributed by atoms with Crippen molar-refractivity contribution in [1.29, 1.82) is 0 Å². The van der Waals surface area contributed by atoms with Gasteiger partial charge in [-0.05, 0) is 45.0 Å². The van der Waals surface area contributed by atoms with Crippen LogP contribution in [0.3, 0.4) is 0 Å². The first kappa shape index (κ1) is 17.8. The predicted molar refractivity (Wildman–Crippen MR) is 84.9 cm³/mol. The summed E-state index contributed by atoms with van der Waals surface area (Å²) in [6.07, 6.45) is 0.457. The van der Waals surface area contributed by atoms with E-state index in [1.165, 1.54) is 0 Å². The molecule has 4 N–H and O–H groups in total. The molecule has 0 amide bonds. The molecule has 0 spiro atoms. The summed E-state index contributed by atoms with van der Waals surface area (Å²) in [5.41, 5.74) is 6.21. The molecule has 0 atom stereocenters. The second kappa shape index (κ2) is 8.23. The fourth-order valence-electron chi connectivity index (χ4n) is 1.21. The van der Waals surface area contributed by atoms with Gasteiger partial charge in [0, 0.05) is 17.7 Å². The van der Waals surface area contributed by atoms with Gasteiger partial charge in [0.1, 0.15) is 12.4 Å². The Balaban J connectivity index is 2.53. The number of nitrogens with zero attached hydrogens (tertiary/aromatic N) is 1. The van der Waals surface area contributed by atoms with Crippen molar-refractivity contribution in [1.82, 2.24) is 4.72 Å². The second-order valence-corrected chi connectivity index (χ2v) is 6.20. The Morgan fingerprint density at radius 3 is 2.52 bits per heavy atom. The van der Waals surface area contributed by atoms with Crippen LogP contribution in [-0.4, -0.2) is 23.9 Å². The fourth-order valence-corrected chi connectivity index (χ4v) is 1.80. The average Bonchev–Trinajstić information content (AvgIpc) is 2.45. The van der Waals surface area contributed by atoms with E-state index in [1.54, 1.807) is 24.3 Å². The molecule has 0 radical (unpaired) electrons. The molecule has 1 aromatic rings. The van der Waals surface area contributed by atoms with Crippen LogP contribution in [0.4, 0.5) is 10.1 Å². The Morgan fingerprint density at radius 2 is 2.05 bits per heavy atom. The van der Waals surface area contributed by atoms with Crippen LogP contribution < -0.4 is 19.7 Å². The maximum absolute atomic E-state index is 12.3. The second-order valence-electron chi connectivity index (χ2n) is 5.47. The number of hydrogen-bond acceptors (Lipinski definition) is 6. The minimum absolute atomic E-state index is 0.107. The van der Waals surface area contributed by atoms with Crippen LogP contribution in [0.5, 0.6) is 5.75 Å². The van der Waals surface area contributed by atoms with Crippen molar-refractivity contribution in [3.8, 4) is 5.75 Å². The quantitative estimate of drug-likeness (QED) is 0.531. The number of rotatable bonds is 7. The summed E-state index contributed by atoms with van der Waals surface area (Å²) in [5, 5.41) is 9.89. The van der Waals surface area contributed by atoms with Gasteiger partial charge in [0.25, 0.3) is 0 Å². The minimum atomic E-state index is -0.119.